The van der Waals surface area contributed by atoms with Crippen LogP contribution in [0.1, 0.15) is 22.8 Å². The number of carbonyl (C=O) groups is 1. The molecule has 1 aromatic rings. The smallest absolute Gasteiger partial charge is 0.254 e. The molecule has 1 amide bonds. The van der Waals surface area contributed by atoms with E-state index in [1.165, 1.54) is 6.07 Å². The molecule has 0 heterocycles. The number of nitrogens with one attached hydrogen (secondary N) is 1. The first kappa shape index (κ1) is 13.8. The lowest BCUT2D eigenvalue weighted by Crippen LogP contribution is -2.36. The molecule has 1 rings (SSSR count). The number of aryl methyl sites for hydroxylation is 1. The first-order valence-corrected chi connectivity index (χ1v) is 7.00. The van der Waals surface area contributed by atoms with Crippen molar-refractivity contribution in [1.82, 2.24) is 5.32 Å². The highest BCUT2D eigenvalue weighted by atomic mass is 32.2. The number of carbonyl (C=O) groups excluding carboxylic acids is 1. The van der Waals surface area contributed by atoms with Crippen molar-refractivity contribution >= 4 is 16.7 Å². The van der Waals surface area contributed by atoms with Crippen LogP contribution in [0.15, 0.2) is 18.2 Å². The van der Waals surface area contributed by atoms with E-state index in [1.54, 1.807) is 32.2 Å². The monoisotopic (exact) mass is 257 g/mol. The number of amides is 1. The van der Waals surface area contributed by atoms with Crippen molar-refractivity contribution in [2.75, 3.05) is 12.0 Å². The maximum absolute atomic E-state index is 13.6. The fraction of sp³-hybridized carbons (Fsp3) is 0.417. The van der Waals surface area contributed by atoms with Gasteiger partial charge in [0.15, 0.2) is 0 Å². The molecular weight excluding hydrogens is 241 g/mol. The van der Waals surface area contributed by atoms with Crippen molar-refractivity contribution in [2.45, 2.75) is 19.9 Å². The average Bonchev–Trinajstić information content (AvgIpc) is 2.20. The van der Waals surface area contributed by atoms with Gasteiger partial charge in [0.2, 0.25) is 0 Å². The summed E-state index contributed by atoms with van der Waals surface area (Å²) in [6.45, 7) is 3.35. The van der Waals surface area contributed by atoms with Gasteiger partial charge in [0, 0.05) is 28.9 Å². The summed E-state index contributed by atoms with van der Waals surface area (Å²) < 4.78 is 24.6. The summed E-state index contributed by atoms with van der Waals surface area (Å²) >= 11 is 0. The molecule has 0 saturated carbocycles. The van der Waals surface area contributed by atoms with E-state index in [0.29, 0.717) is 11.3 Å². The van der Waals surface area contributed by atoms with Crippen molar-refractivity contribution in [1.29, 1.82) is 0 Å². The molecule has 94 valence electrons. The minimum absolute atomic E-state index is 0.0266. The van der Waals surface area contributed by atoms with Crippen LogP contribution in [0.5, 0.6) is 0 Å². The highest BCUT2D eigenvalue weighted by Crippen LogP contribution is 2.11. The Morgan fingerprint density at radius 1 is 1.53 bits per heavy atom. The first-order chi connectivity index (χ1) is 7.91. The fourth-order valence-electron chi connectivity index (χ4n) is 1.52. The molecule has 0 spiro atoms. The van der Waals surface area contributed by atoms with Crippen LogP contribution >= 0.6 is 0 Å². The summed E-state index contributed by atoms with van der Waals surface area (Å²) in [7, 11) is -0.987. The van der Waals surface area contributed by atoms with Gasteiger partial charge in [-0.1, -0.05) is 12.1 Å². The third kappa shape index (κ3) is 3.93. The fourth-order valence-corrected chi connectivity index (χ4v) is 2.31. The molecule has 1 N–H and O–H groups in total. The molecule has 0 bridgehead atoms. The Labute approximate surface area is 103 Å². The van der Waals surface area contributed by atoms with Crippen molar-refractivity contribution in [3.8, 4) is 0 Å². The zero-order valence-electron chi connectivity index (χ0n) is 10.1. The van der Waals surface area contributed by atoms with Crippen LogP contribution in [-0.4, -0.2) is 28.2 Å². The quantitative estimate of drug-likeness (QED) is 0.891. The lowest BCUT2D eigenvalue weighted by atomic mass is 10.1. The predicted octanol–water partition coefficient (Wildman–Crippen LogP) is 1.63. The average molecular weight is 257 g/mol. The second-order valence-corrected chi connectivity index (χ2v) is 5.53. The maximum Gasteiger partial charge on any atom is 0.254 e. The molecule has 3 nitrogen and oxygen atoms in total. The molecule has 2 atom stereocenters. The van der Waals surface area contributed by atoms with Gasteiger partial charge in [0.05, 0.1) is 5.56 Å². The van der Waals surface area contributed by atoms with E-state index in [0.717, 1.165) is 0 Å². The lowest BCUT2D eigenvalue weighted by Gasteiger charge is -2.13. The van der Waals surface area contributed by atoms with Crippen molar-refractivity contribution in [3.63, 3.8) is 0 Å². The van der Waals surface area contributed by atoms with E-state index in [2.05, 4.69) is 5.32 Å². The highest BCUT2D eigenvalue weighted by Gasteiger charge is 2.15. The molecule has 0 aromatic heterocycles. The molecule has 0 aliphatic rings. The van der Waals surface area contributed by atoms with Crippen LogP contribution < -0.4 is 5.32 Å². The minimum atomic E-state index is -0.987. The van der Waals surface area contributed by atoms with Crippen molar-refractivity contribution in [2.24, 2.45) is 0 Å². The summed E-state index contributed by atoms with van der Waals surface area (Å²) in [5, 5.41) is 2.62. The molecule has 5 heteroatoms. The number of halogens is 1. The number of benzene rings is 1. The zero-order valence-corrected chi connectivity index (χ0v) is 10.9. The Morgan fingerprint density at radius 2 is 2.18 bits per heavy atom. The largest absolute Gasteiger partial charge is 0.349 e. The Bertz CT molecular complexity index is 448. The topological polar surface area (TPSA) is 46.2 Å². The van der Waals surface area contributed by atoms with Gasteiger partial charge in [0.1, 0.15) is 5.82 Å². The molecule has 17 heavy (non-hydrogen) atoms. The van der Waals surface area contributed by atoms with Gasteiger partial charge in [-0.05, 0) is 25.5 Å². The van der Waals surface area contributed by atoms with E-state index < -0.39 is 22.5 Å². The Hall–Kier alpha value is -1.23. The van der Waals surface area contributed by atoms with E-state index in [1.807, 2.05) is 0 Å². The third-order valence-electron chi connectivity index (χ3n) is 2.30. The minimum Gasteiger partial charge on any atom is -0.349 e. The molecule has 2 unspecified atom stereocenters. The summed E-state index contributed by atoms with van der Waals surface area (Å²) in [5.41, 5.74) is 0.461. The van der Waals surface area contributed by atoms with Crippen LogP contribution in [-0.2, 0) is 10.8 Å². The number of rotatable bonds is 4. The van der Waals surface area contributed by atoms with E-state index in [-0.39, 0.29) is 11.6 Å². The summed E-state index contributed by atoms with van der Waals surface area (Å²) in [4.78, 5) is 11.8. The van der Waals surface area contributed by atoms with Gasteiger partial charge in [-0.3, -0.25) is 9.00 Å². The summed E-state index contributed by atoms with van der Waals surface area (Å²) in [6, 6.07) is 4.44. The van der Waals surface area contributed by atoms with Gasteiger partial charge in [-0.15, -0.1) is 0 Å². The summed E-state index contributed by atoms with van der Waals surface area (Å²) in [5.74, 6) is -0.613. The van der Waals surface area contributed by atoms with Crippen LogP contribution in [0.3, 0.4) is 0 Å². The standard InChI is InChI=1S/C12H16FNO2S/c1-8-5-4-6-10(11(8)13)12(15)14-9(2)7-17(3)16/h4-6,9H,7H2,1-3H3,(H,14,15). The van der Waals surface area contributed by atoms with Gasteiger partial charge >= 0.3 is 0 Å². The second-order valence-electron chi connectivity index (χ2n) is 4.05. The normalized spacial score (nSPS) is 14.1. The first-order valence-electron chi connectivity index (χ1n) is 5.27. The predicted molar refractivity (Wildman–Crippen MR) is 67.0 cm³/mol. The van der Waals surface area contributed by atoms with Crippen LogP contribution in [0, 0.1) is 12.7 Å². The zero-order chi connectivity index (χ0) is 13.0. The number of hydrogen-bond donors (Lipinski definition) is 1. The molecule has 0 radical (unpaired) electrons. The Morgan fingerprint density at radius 3 is 2.76 bits per heavy atom. The van der Waals surface area contributed by atoms with E-state index in [4.69, 9.17) is 0 Å². The van der Waals surface area contributed by atoms with Crippen molar-refractivity contribution < 1.29 is 13.4 Å². The van der Waals surface area contributed by atoms with Crippen LogP contribution in [0.25, 0.3) is 0 Å². The van der Waals surface area contributed by atoms with Gasteiger partial charge in [-0.25, -0.2) is 4.39 Å². The van der Waals surface area contributed by atoms with Crippen LogP contribution in [0.2, 0.25) is 0 Å². The molecule has 0 fully saturated rings. The molecule has 1 aromatic carbocycles. The van der Waals surface area contributed by atoms with Gasteiger partial charge < -0.3 is 5.32 Å². The van der Waals surface area contributed by atoms with Gasteiger partial charge in [0.25, 0.3) is 5.91 Å². The number of hydrogen-bond acceptors (Lipinski definition) is 2. The van der Waals surface area contributed by atoms with E-state index >= 15 is 0 Å². The van der Waals surface area contributed by atoms with E-state index in [9.17, 15) is 13.4 Å². The Kier molecular flexibility index (Phi) is 4.81. The van der Waals surface area contributed by atoms with Crippen LogP contribution in [0.4, 0.5) is 4.39 Å². The maximum atomic E-state index is 13.6. The van der Waals surface area contributed by atoms with Gasteiger partial charge in [-0.2, -0.15) is 0 Å². The molecule has 0 aliphatic carbocycles. The second kappa shape index (κ2) is 5.91. The van der Waals surface area contributed by atoms with Crippen molar-refractivity contribution in [3.05, 3.63) is 35.1 Å². The molecular formula is C12H16FNO2S. The molecule has 0 saturated heterocycles. The highest BCUT2D eigenvalue weighted by molar-refractivity contribution is 7.84. The SMILES string of the molecule is Cc1cccc(C(=O)NC(C)CS(C)=O)c1F. The summed E-state index contributed by atoms with van der Waals surface area (Å²) in [6.07, 6.45) is 1.57. The lowest BCUT2D eigenvalue weighted by molar-refractivity contribution is 0.0939. The third-order valence-corrected chi connectivity index (χ3v) is 3.27. The molecule has 0 aliphatic heterocycles. The Balaban J connectivity index is 2.77.